The number of hydroxylamine groups is 3. The molecule has 3 nitrogen and oxygen atoms in total. The maximum absolute atomic E-state index is 13.1. The first-order chi connectivity index (χ1) is 10.2. The van der Waals surface area contributed by atoms with Gasteiger partial charge in [-0.15, -0.1) is 0 Å². The van der Waals surface area contributed by atoms with E-state index in [9.17, 15) is 5.21 Å². The van der Waals surface area contributed by atoms with Crippen molar-refractivity contribution < 1.29 is 4.65 Å². The monoisotopic (exact) mass is 282 g/mol. The molecule has 0 amide bonds. The van der Waals surface area contributed by atoms with Crippen LogP contribution in [0.5, 0.6) is 0 Å². The Morgan fingerprint density at radius 2 is 1.57 bits per heavy atom. The van der Waals surface area contributed by atoms with Crippen LogP contribution in [0.3, 0.4) is 0 Å². The Morgan fingerprint density at radius 3 is 2.19 bits per heavy atom. The number of benzene rings is 2. The molecule has 2 aromatic rings. The van der Waals surface area contributed by atoms with Gasteiger partial charge in [0.25, 0.3) is 0 Å². The van der Waals surface area contributed by atoms with Gasteiger partial charge < -0.3 is 9.85 Å². The second-order valence-electron chi connectivity index (χ2n) is 6.08. The van der Waals surface area contributed by atoms with Crippen LogP contribution in [0.15, 0.2) is 60.7 Å². The SMILES string of the molecule is CC1CN(Cc2ccccc2)C[N+]1([O-])Cc1ccccc1. The molecule has 1 heterocycles. The van der Waals surface area contributed by atoms with Crippen molar-refractivity contribution in [3.63, 3.8) is 0 Å². The van der Waals surface area contributed by atoms with Gasteiger partial charge in [0.1, 0.15) is 19.3 Å². The number of hydrogen-bond donors (Lipinski definition) is 0. The molecule has 0 radical (unpaired) electrons. The fourth-order valence-electron chi connectivity index (χ4n) is 3.11. The Bertz CT molecular complexity index is 572. The van der Waals surface area contributed by atoms with Crippen LogP contribution in [0, 0.1) is 5.21 Å². The predicted molar refractivity (Wildman–Crippen MR) is 85.0 cm³/mol. The molecule has 3 rings (SSSR count). The van der Waals surface area contributed by atoms with Gasteiger partial charge >= 0.3 is 0 Å². The highest BCUT2D eigenvalue weighted by Gasteiger charge is 2.36. The normalized spacial score (nSPS) is 26.1. The fourth-order valence-corrected chi connectivity index (χ4v) is 3.11. The van der Waals surface area contributed by atoms with E-state index < -0.39 is 0 Å². The highest BCUT2D eigenvalue weighted by Crippen LogP contribution is 2.26. The van der Waals surface area contributed by atoms with Gasteiger partial charge in [0.2, 0.25) is 0 Å². The molecule has 0 N–H and O–H groups in total. The minimum atomic E-state index is -0.142. The maximum atomic E-state index is 13.1. The van der Waals surface area contributed by atoms with Gasteiger partial charge in [0.05, 0.1) is 6.54 Å². The van der Waals surface area contributed by atoms with Crippen molar-refractivity contribution in [3.05, 3.63) is 77.0 Å². The number of nitrogens with zero attached hydrogens (tertiary/aromatic N) is 2. The summed E-state index contributed by atoms with van der Waals surface area (Å²) < 4.78 is -0.142. The Morgan fingerprint density at radius 1 is 1.00 bits per heavy atom. The average Bonchev–Trinajstić information content (AvgIpc) is 2.75. The first-order valence-electron chi connectivity index (χ1n) is 7.54. The molecule has 2 atom stereocenters. The minimum absolute atomic E-state index is 0.119. The number of quaternary nitrogens is 1. The summed E-state index contributed by atoms with van der Waals surface area (Å²) >= 11 is 0. The standard InChI is InChI=1S/C18H22N2O/c1-16-12-19(13-17-8-4-2-5-9-17)15-20(16,21)14-18-10-6-3-7-11-18/h2-11,16H,12-15H2,1H3. The molecule has 1 aliphatic heterocycles. The van der Waals surface area contributed by atoms with Crippen molar-refractivity contribution in [2.75, 3.05) is 13.2 Å². The van der Waals surface area contributed by atoms with Crippen molar-refractivity contribution in [1.29, 1.82) is 0 Å². The Hall–Kier alpha value is -1.68. The first-order valence-corrected chi connectivity index (χ1v) is 7.54. The second-order valence-corrected chi connectivity index (χ2v) is 6.08. The molecule has 0 aliphatic carbocycles. The molecular formula is C18H22N2O. The predicted octanol–water partition coefficient (Wildman–Crippen LogP) is 3.36. The summed E-state index contributed by atoms with van der Waals surface area (Å²) in [5.74, 6) is 0. The van der Waals surface area contributed by atoms with E-state index in [4.69, 9.17) is 0 Å². The molecule has 21 heavy (non-hydrogen) atoms. The zero-order chi connectivity index (χ0) is 14.7. The summed E-state index contributed by atoms with van der Waals surface area (Å²) in [6, 6.07) is 20.6. The summed E-state index contributed by atoms with van der Waals surface area (Å²) in [6.07, 6.45) is 0. The molecule has 0 spiro atoms. The molecular weight excluding hydrogens is 260 g/mol. The fraction of sp³-hybridized carbons (Fsp3) is 0.333. The molecule has 0 saturated carbocycles. The van der Waals surface area contributed by atoms with Crippen LogP contribution >= 0.6 is 0 Å². The van der Waals surface area contributed by atoms with E-state index in [1.54, 1.807) is 0 Å². The third-order valence-electron chi connectivity index (χ3n) is 4.31. The van der Waals surface area contributed by atoms with Crippen molar-refractivity contribution >= 4 is 0 Å². The Labute approximate surface area is 126 Å². The lowest BCUT2D eigenvalue weighted by atomic mass is 10.2. The van der Waals surface area contributed by atoms with Gasteiger partial charge in [-0.2, -0.15) is 0 Å². The molecule has 0 bridgehead atoms. The quantitative estimate of drug-likeness (QED) is 0.635. The summed E-state index contributed by atoms with van der Waals surface area (Å²) in [5, 5.41) is 13.1. The smallest absolute Gasteiger partial charge is 0.135 e. The molecule has 1 fully saturated rings. The van der Waals surface area contributed by atoms with E-state index >= 15 is 0 Å². The Kier molecular flexibility index (Phi) is 4.06. The van der Waals surface area contributed by atoms with Crippen LogP contribution in [-0.4, -0.2) is 28.8 Å². The van der Waals surface area contributed by atoms with E-state index in [1.807, 2.05) is 36.4 Å². The zero-order valence-electron chi connectivity index (χ0n) is 12.5. The maximum Gasteiger partial charge on any atom is 0.135 e. The summed E-state index contributed by atoms with van der Waals surface area (Å²) in [4.78, 5) is 2.27. The van der Waals surface area contributed by atoms with Crippen LogP contribution in [0.4, 0.5) is 0 Å². The average molecular weight is 282 g/mol. The largest absolute Gasteiger partial charge is 0.631 e. The van der Waals surface area contributed by atoms with Gasteiger partial charge in [0, 0.05) is 12.1 Å². The van der Waals surface area contributed by atoms with Crippen LogP contribution in [0.25, 0.3) is 0 Å². The van der Waals surface area contributed by atoms with Crippen LogP contribution in [-0.2, 0) is 13.1 Å². The Balaban J connectivity index is 1.67. The topological polar surface area (TPSA) is 26.3 Å². The van der Waals surface area contributed by atoms with Crippen LogP contribution < -0.4 is 0 Å². The van der Waals surface area contributed by atoms with Crippen LogP contribution in [0.2, 0.25) is 0 Å². The van der Waals surface area contributed by atoms with Gasteiger partial charge in [-0.3, -0.25) is 0 Å². The highest BCUT2D eigenvalue weighted by molar-refractivity contribution is 5.15. The lowest BCUT2D eigenvalue weighted by Gasteiger charge is -2.42. The summed E-state index contributed by atoms with van der Waals surface area (Å²) in [5.41, 5.74) is 2.40. The van der Waals surface area contributed by atoms with E-state index in [-0.39, 0.29) is 10.7 Å². The second kappa shape index (κ2) is 5.98. The van der Waals surface area contributed by atoms with E-state index in [0.717, 1.165) is 18.7 Å². The molecule has 2 unspecified atom stereocenters. The molecule has 0 aromatic heterocycles. The minimum Gasteiger partial charge on any atom is -0.631 e. The third kappa shape index (κ3) is 3.32. The molecule has 2 aromatic carbocycles. The van der Waals surface area contributed by atoms with E-state index in [1.165, 1.54) is 5.56 Å². The lowest BCUT2D eigenvalue weighted by Crippen LogP contribution is -2.45. The van der Waals surface area contributed by atoms with E-state index in [2.05, 4.69) is 36.1 Å². The van der Waals surface area contributed by atoms with Crippen LogP contribution in [0.1, 0.15) is 18.1 Å². The van der Waals surface area contributed by atoms with Gasteiger partial charge in [-0.25, -0.2) is 4.90 Å². The summed E-state index contributed by atoms with van der Waals surface area (Å²) in [6.45, 7) is 4.94. The summed E-state index contributed by atoms with van der Waals surface area (Å²) in [7, 11) is 0. The van der Waals surface area contributed by atoms with Crippen molar-refractivity contribution in [2.24, 2.45) is 0 Å². The van der Waals surface area contributed by atoms with Gasteiger partial charge in [-0.1, -0.05) is 60.7 Å². The first kappa shape index (κ1) is 14.3. The molecule has 3 heteroatoms. The van der Waals surface area contributed by atoms with Crippen molar-refractivity contribution in [3.8, 4) is 0 Å². The van der Waals surface area contributed by atoms with Gasteiger partial charge in [-0.05, 0) is 12.5 Å². The molecule has 110 valence electrons. The van der Waals surface area contributed by atoms with Gasteiger partial charge in [0.15, 0.2) is 0 Å². The molecule has 1 saturated heterocycles. The number of rotatable bonds is 4. The molecule has 1 aliphatic rings. The third-order valence-corrected chi connectivity index (χ3v) is 4.31. The highest BCUT2D eigenvalue weighted by atomic mass is 16.6. The van der Waals surface area contributed by atoms with Crippen molar-refractivity contribution in [1.82, 2.24) is 4.90 Å². The van der Waals surface area contributed by atoms with Crippen molar-refractivity contribution in [2.45, 2.75) is 26.1 Å². The zero-order valence-corrected chi connectivity index (χ0v) is 12.5. The van der Waals surface area contributed by atoms with E-state index in [0.29, 0.717) is 13.2 Å². The lowest BCUT2D eigenvalue weighted by molar-refractivity contribution is -0.907. The number of hydrogen-bond acceptors (Lipinski definition) is 2.